The molecule has 0 amide bonds. The maximum absolute atomic E-state index is 14.5. The van der Waals surface area contributed by atoms with Gasteiger partial charge in [-0.25, -0.2) is 9.59 Å². The second-order valence-corrected chi connectivity index (χ2v) is 30.1. The van der Waals surface area contributed by atoms with Crippen LogP contribution in [0.2, 0.25) is 60.3 Å². The molecule has 8 aromatic rings. The minimum absolute atomic E-state index is 0.000977. The van der Waals surface area contributed by atoms with E-state index in [4.69, 9.17) is 173 Å². The van der Waals surface area contributed by atoms with E-state index < -0.39 is 28.9 Å². The molecule has 2 unspecified atom stereocenters. The van der Waals surface area contributed by atoms with Gasteiger partial charge in [-0.15, -0.1) is 0 Å². The number of hydrogen-bond acceptors (Lipinski definition) is 15. The highest BCUT2D eigenvalue weighted by atomic mass is 35.5. The number of nitrogens with zero attached hydrogens (tertiary/aromatic N) is 3. The fourth-order valence-electron chi connectivity index (χ4n) is 16.3. The average Bonchev–Trinajstić information content (AvgIpc) is 1.61. The molecule has 508 valence electrons. The van der Waals surface area contributed by atoms with E-state index in [1.54, 1.807) is 18.2 Å². The van der Waals surface area contributed by atoms with Crippen molar-refractivity contribution in [1.29, 1.82) is 0 Å². The maximum atomic E-state index is 14.5. The number of ketones is 1. The number of halogens is 12. The first kappa shape index (κ1) is 67.2. The summed E-state index contributed by atoms with van der Waals surface area (Å²) in [5, 5.41) is 27.2. The fourth-order valence-corrected chi connectivity index (χ4v) is 19.4. The molecular formula is C72H49Cl12N3O12. The van der Waals surface area contributed by atoms with Crippen LogP contribution >= 0.6 is 139 Å². The average molecular weight is 1570 g/mol. The summed E-state index contributed by atoms with van der Waals surface area (Å²) in [7, 11) is 0. The van der Waals surface area contributed by atoms with E-state index >= 15 is 0 Å². The van der Waals surface area contributed by atoms with Crippen molar-refractivity contribution in [2.75, 3.05) is 54.0 Å². The Morgan fingerprint density at radius 2 is 0.808 bits per heavy atom. The largest absolute Gasteiger partial charge is 0.508 e. The number of esters is 2. The molecule has 3 N–H and O–H groups in total. The number of fused-ring (bicyclic) bond motifs is 14. The molecule has 2 spiro atoms. The van der Waals surface area contributed by atoms with Crippen molar-refractivity contribution < 1.29 is 58.2 Å². The Hall–Kier alpha value is -6.28. The zero-order valence-corrected chi connectivity index (χ0v) is 60.5. The molecule has 0 fully saturated rings. The number of phenolic OH excluding ortho intramolecular Hbond substituents is 3. The van der Waals surface area contributed by atoms with Gasteiger partial charge < -0.3 is 53.7 Å². The lowest BCUT2D eigenvalue weighted by Gasteiger charge is -2.45. The summed E-state index contributed by atoms with van der Waals surface area (Å²) in [5.41, 5.74) is 7.93. The van der Waals surface area contributed by atoms with Crippen LogP contribution in [-0.2, 0) is 64.0 Å². The van der Waals surface area contributed by atoms with Crippen molar-refractivity contribution >= 4 is 180 Å². The molecule has 99 heavy (non-hydrogen) atoms. The predicted molar refractivity (Wildman–Crippen MR) is 384 cm³/mol. The number of phenols is 3. The summed E-state index contributed by atoms with van der Waals surface area (Å²) in [6.07, 6.45) is 10.0. The van der Waals surface area contributed by atoms with Gasteiger partial charge >= 0.3 is 11.9 Å². The topological polar surface area (TPSA) is 185 Å². The SMILES string of the molecule is O=C1OC2(c3cc4c(cc3Oc3c2cc2c5c3CCCN5CCC2)C2(OC(=O)c3c(Cl)c(Cl)c(Cl)c(Cl)c32)c2cc3c5c(c2O4)CCCN5CCC3)c2c(Cl)c(Cl)c(Cl)c(Cl)c21.O=COc1c(Cl)c(Cl)c(Cl)c(Cl)c1C(=O)c1cc2c3c(c1O)CCCN3CCC2.Oc1ccc(O)cc1. The lowest BCUT2D eigenvalue weighted by Crippen LogP contribution is -2.39. The number of carbonyl (C=O) groups is 4. The van der Waals surface area contributed by atoms with Crippen LogP contribution in [0.1, 0.15) is 142 Å². The number of anilines is 3. The van der Waals surface area contributed by atoms with E-state index in [1.165, 1.54) is 24.3 Å². The van der Waals surface area contributed by atoms with Crippen LogP contribution in [-0.4, -0.2) is 78.8 Å². The van der Waals surface area contributed by atoms with Crippen molar-refractivity contribution in [1.82, 2.24) is 0 Å². The Morgan fingerprint density at radius 3 is 1.23 bits per heavy atom. The number of rotatable bonds is 4. The van der Waals surface area contributed by atoms with Gasteiger partial charge in [0.1, 0.15) is 45.3 Å². The summed E-state index contributed by atoms with van der Waals surface area (Å²) >= 11 is 79.9. The molecule has 10 heterocycles. The highest BCUT2D eigenvalue weighted by molar-refractivity contribution is 6.55. The molecule has 27 heteroatoms. The number of carbonyl (C=O) groups excluding carboxylic acids is 4. The van der Waals surface area contributed by atoms with Crippen LogP contribution in [0.3, 0.4) is 0 Å². The number of ether oxygens (including phenoxy) is 5. The molecular weight excluding hydrogens is 1520 g/mol. The maximum Gasteiger partial charge on any atom is 0.341 e. The Kier molecular flexibility index (Phi) is 17.0. The predicted octanol–water partition coefficient (Wildman–Crippen LogP) is 20.0. The summed E-state index contributed by atoms with van der Waals surface area (Å²) in [4.78, 5) is 60.4. The molecule has 0 aromatic heterocycles. The first-order valence-electron chi connectivity index (χ1n) is 31.8. The molecule has 18 rings (SSSR count). The van der Waals surface area contributed by atoms with E-state index in [1.807, 2.05) is 0 Å². The Balaban J connectivity index is 0.000000171. The number of aromatic hydroxyl groups is 3. The van der Waals surface area contributed by atoms with Gasteiger partial charge in [-0.05, 0) is 148 Å². The van der Waals surface area contributed by atoms with E-state index in [9.17, 15) is 24.3 Å². The van der Waals surface area contributed by atoms with Crippen LogP contribution < -0.4 is 28.9 Å². The van der Waals surface area contributed by atoms with Gasteiger partial charge in [0.05, 0.1) is 88.6 Å². The van der Waals surface area contributed by atoms with E-state index in [-0.39, 0.29) is 135 Å². The van der Waals surface area contributed by atoms with Crippen molar-refractivity contribution in [2.45, 2.75) is 88.3 Å². The minimum Gasteiger partial charge on any atom is -0.508 e. The third-order valence-electron chi connectivity index (χ3n) is 20.3. The standard InChI is InChI=1S/C46H28Cl8N2O6.C20H15Cl4NO4.C6H6O2/c47-31-27-29(33(49)37(53)35(31)51)45(61-43(27)57)21-15-26-22(16-25(21)59-41-19-7-3-11-55-9-1-5-17(39(19)55)13-23(41)45)46(30-28(44(58)62-46)32(48)36(52)38(54)34(30)50)24-14-18-6-2-10-56-12-4-8-20(40(18)56)42(24)60-26;21-13-12(20(29-8-26)16(24)15(23)14(13)22)19(28)11-7-9-3-1-5-25-6-2-4-10(17(9)25)18(11)27;7-5-1-2-6(8)4-3-5/h13-16H,1-12H2;7-8,27H,1-6H2;1-4,7-8H. The van der Waals surface area contributed by atoms with Crippen molar-refractivity contribution in [3.8, 4) is 46.0 Å². The minimum atomic E-state index is -1.75. The second kappa shape index (κ2) is 25.0. The normalized spacial score (nSPS) is 19.4. The van der Waals surface area contributed by atoms with Gasteiger partial charge in [0.2, 0.25) is 5.78 Å². The lowest BCUT2D eigenvalue weighted by molar-refractivity contribution is -0.120. The molecule has 8 aromatic carbocycles. The van der Waals surface area contributed by atoms with Crippen LogP contribution in [0.25, 0.3) is 0 Å². The lowest BCUT2D eigenvalue weighted by atomic mass is 9.71. The monoisotopic (exact) mass is 1570 g/mol. The molecule has 0 bridgehead atoms. The molecule has 2 atom stereocenters. The highest BCUT2D eigenvalue weighted by Crippen LogP contribution is 2.68. The third kappa shape index (κ3) is 9.93. The van der Waals surface area contributed by atoms with Gasteiger partial charge in [0, 0.05) is 95.3 Å². The molecule has 0 radical (unpaired) electrons. The van der Waals surface area contributed by atoms with Crippen molar-refractivity contribution in [3.05, 3.63) is 204 Å². The van der Waals surface area contributed by atoms with Gasteiger partial charge in [-0.2, -0.15) is 0 Å². The quantitative estimate of drug-likeness (QED) is 0.0377. The number of aryl methyl sites for hydroxylation is 3. The Bertz CT molecular complexity index is 4780. The van der Waals surface area contributed by atoms with E-state index in [2.05, 4.69) is 26.8 Å². The van der Waals surface area contributed by atoms with Crippen molar-refractivity contribution in [3.63, 3.8) is 0 Å². The van der Waals surface area contributed by atoms with Gasteiger partial charge in [-0.3, -0.25) is 9.59 Å². The first-order valence-corrected chi connectivity index (χ1v) is 36.3. The van der Waals surface area contributed by atoms with Gasteiger partial charge in [0.15, 0.2) is 17.0 Å². The summed E-state index contributed by atoms with van der Waals surface area (Å²) in [5.74, 6) is -0.574. The first-order chi connectivity index (χ1) is 47.5. The summed E-state index contributed by atoms with van der Waals surface area (Å²) in [6.45, 7) is 5.61. The molecule has 10 aliphatic rings. The zero-order valence-electron chi connectivity index (χ0n) is 51.4. The zero-order chi connectivity index (χ0) is 69.3. The van der Waals surface area contributed by atoms with Crippen LogP contribution in [0.4, 0.5) is 17.1 Å². The fraction of sp³-hybridized carbons (Fsp3) is 0.278. The third-order valence-corrected chi connectivity index (χ3v) is 25.7. The summed E-state index contributed by atoms with van der Waals surface area (Å²) < 4.78 is 32.7. The van der Waals surface area contributed by atoms with E-state index in [0.717, 1.165) is 147 Å². The van der Waals surface area contributed by atoms with Crippen LogP contribution in [0, 0.1) is 0 Å². The van der Waals surface area contributed by atoms with Crippen molar-refractivity contribution in [2.24, 2.45) is 0 Å². The highest BCUT2D eigenvalue weighted by Gasteiger charge is 2.62. The Labute approximate surface area is 625 Å². The Morgan fingerprint density at radius 1 is 0.444 bits per heavy atom. The molecule has 15 nitrogen and oxygen atoms in total. The molecule has 0 saturated heterocycles. The van der Waals surface area contributed by atoms with E-state index in [0.29, 0.717) is 53.0 Å². The smallest absolute Gasteiger partial charge is 0.341 e. The number of hydrogen-bond donors (Lipinski definition) is 3. The van der Waals surface area contributed by atoms with Crippen LogP contribution in [0.5, 0.6) is 46.0 Å². The summed E-state index contributed by atoms with van der Waals surface area (Å²) in [6, 6.07) is 15.1. The van der Waals surface area contributed by atoms with Crippen LogP contribution in [0.15, 0.2) is 54.6 Å². The van der Waals surface area contributed by atoms with Gasteiger partial charge in [0.25, 0.3) is 6.47 Å². The molecule has 0 saturated carbocycles. The second-order valence-electron chi connectivity index (χ2n) is 25.5. The molecule has 0 aliphatic carbocycles. The van der Waals surface area contributed by atoms with Gasteiger partial charge in [-0.1, -0.05) is 139 Å². The molecule has 10 aliphatic heterocycles. The number of benzene rings is 8.